The lowest BCUT2D eigenvalue weighted by Gasteiger charge is -2.19. The summed E-state index contributed by atoms with van der Waals surface area (Å²) >= 11 is 0. The molecule has 2 aromatic carbocycles. The lowest BCUT2D eigenvalue weighted by atomic mass is 10.0. The molecule has 0 saturated heterocycles. The molecule has 1 aliphatic heterocycles. The fourth-order valence-corrected chi connectivity index (χ4v) is 3.02. The van der Waals surface area contributed by atoms with E-state index in [9.17, 15) is 9.18 Å². The van der Waals surface area contributed by atoms with Gasteiger partial charge in [0.05, 0.1) is 18.6 Å². The third-order valence-corrected chi connectivity index (χ3v) is 4.50. The van der Waals surface area contributed by atoms with Crippen molar-refractivity contribution in [3.8, 4) is 28.3 Å². The highest BCUT2D eigenvalue weighted by Crippen LogP contribution is 2.34. The summed E-state index contributed by atoms with van der Waals surface area (Å²) in [5.41, 5.74) is 7.89. The van der Waals surface area contributed by atoms with Crippen LogP contribution in [0.2, 0.25) is 0 Å². The predicted molar refractivity (Wildman–Crippen MR) is 102 cm³/mol. The Morgan fingerprint density at radius 1 is 1.14 bits per heavy atom. The van der Waals surface area contributed by atoms with Gasteiger partial charge < -0.3 is 15.2 Å². The average molecular weight is 382 g/mol. The molecule has 0 atom stereocenters. The van der Waals surface area contributed by atoms with E-state index in [1.807, 2.05) is 42.5 Å². The van der Waals surface area contributed by atoms with Crippen LogP contribution in [0.25, 0.3) is 16.8 Å². The molecule has 0 spiro atoms. The first kappa shape index (κ1) is 18.0. The minimum atomic E-state index is -0.368. The molecule has 2 heterocycles. The van der Waals surface area contributed by atoms with Crippen molar-refractivity contribution in [2.75, 3.05) is 19.8 Å². The van der Waals surface area contributed by atoms with Gasteiger partial charge in [-0.05, 0) is 41.0 Å². The number of aromatic nitrogens is 3. The molecule has 8 heteroatoms. The number of nitrogens with zero attached hydrogens (tertiary/aromatic N) is 3. The Hall–Kier alpha value is -3.39. The average Bonchev–Trinajstić information content (AvgIpc) is 3.11. The van der Waals surface area contributed by atoms with Crippen LogP contribution in [0.4, 0.5) is 4.39 Å². The Balaban J connectivity index is 1.67. The standard InChI is InChI=1S/C20H19FN4O3/c21-10-14(11-22)12-25-20(26)24(13-23-25)17-3-1-2-15(8-17)16-4-5-18-19(9-16)28-7-6-27-18/h1-5,8-10,13H,6-7,11-12,22H2/b14-10+. The lowest BCUT2D eigenvalue weighted by molar-refractivity contribution is 0.171. The van der Waals surface area contributed by atoms with Crippen molar-refractivity contribution in [2.24, 2.45) is 5.73 Å². The molecule has 0 saturated carbocycles. The van der Waals surface area contributed by atoms with E-state index in [2.05, 4.69) is 5.10 Å². The second-order valence-corrected chi connectivity index (χ2v) is 6.32. The second kappa shape index (κ2) is 7.69. The topological polar surface area (TPSA) is 84.3 Å². The van der Waals surface area contributed by atoms with E-state index in [4.69, 9.17) is 15.2 Å². The highest BCUT2D eigenvalue weighted by molar-refractivity contribution is 5.69. The number of fused-ring (bicyclic) bond motifs is 1. The third-order valence-electron chi connectivity index (χ3n) is 4.50. The first-order chi connectivity index (χ1) is 13.7. The van der Waals surface area contributed by atoms with Crippen molar-refractivity contribution >= 4 is 0 Å². The number of benzene rings is 2. The number of nitrogens with two attached hydrogens (primary N) is 1. The van der Waals surface area contributed by atoms with E-state index in [0.717, 1.165) is 16.9 Å². The Kier molecular flexibility index (Phi) is 4.94. The highest BCUT2D eigenvalue weighted by atomic mass is 19.1. The van der Waals surface area contributed by atoms with Crippen LogP contribution < -0.4 is 20.9 Å². The van der Waals surface area contributed by atoms with Crippen LogP contribution in [-0.2, 0) is 6.54 Å². The second-order valence-electron chi connectivity index (χ2n) is 6.32. The summed E-state index contributed by atoms with van der Waals surface area (Å²) in [5, 5.41) is 4.06. The zero-order chi connectivity index (χ0) is 19.5. The van der Waals surface area contributed by atoms with Gasteiger partial charge in [-0.1, -0.05) is 18.2 Å². The van der Waals surface area contributed by atoms with Crippen LogP contribution in [0.1, 0.15) is 0 Å². The Morgan fingerprint density at radius 2 is 1.93 bits per heavy atom. The van der Waals surface area contributed by atoms with Crippen LogP contribution in [0.3, 0.4) is 0 Å². The van der Waals surface area contributed by atoms with E-state index in [1.54, 1.807) is 0 Å². The van der Waals surface area contributed by atoms with Gasteiger partial charge in [-0.15, -0.1) is 0 Å². The number of hydrogen-bond donors (Lipinski definition) is 1. The van der Waals surface area contributed by atoms with Crippen molar-refractivity contribution in [2.45, 2.75) is 6.54 Å². The molecular weight excluding hydrogens is 363 g/mol. The van der Waals surface area contributed by atoms with Crippen molar-refractivity contribution < 1.29 is 13.9 Å². The van der Waals surface area contributed by atoms with Crippen LogP contribution >= 0.6 is 0 Å². The maximum Gasteiger partial charge on any atom is 0.350 e. The van der Waals surface area contributed by atoms with E-state index in [-0.39, 0.29) is 24.4 Å². The summed E-state index contributed by atoms with van der Waals surface area (Å²) in [7, 11) is 0. The number of hydrogen-bond acceptors (Lipinski definition) is 5. The first-order valence-electron chi connectivity index (χ1n) is 8.82. The molecule has 0 fully saturated rings. The van der Waals surface area contributed by atoms with Gasteiger partial charge in [0.1, 0.15) is 19.5 Å². The molecule has 0 aliphatic carbocycles. The zero-order valence-corrected chi connectivity index (χ0v) is 15.0. The molecule has 1 aliphatic rings. The highest BCUT2D eigenvalue weighted by Gasteiger charge is 2.13. The van der Waals surface area contributed by atoms with Gasteiger partial charge in [0.2, 0.25) is 0 Å². The normalized spacial score (nSPS) is 13.6. The summed E-state index contributed by atoms with van der Waals surface area (Å²) in [6.45, 7) is 1.09. The summed E-state index contributed by atoms with van der Waals surface area (Å²) in [5.74, 6) is 1.42. The Morgan fingerprint density at radius 3 is 2.71 bits per heavy atom. The van der Waals surface area contributed by atoms with Crippen molar-refractivity contribution in [3.63, 3.8) is 0 Å². The minimum Gasteiger partial charge on any atom is -0.486 e. The number of rotatable bonds is 5. The van der Waals surface area contributed by atoms with E-state index < -0.39 is 0 Å². The zero-order valence-electron chi connectivity index (χ0n) is 15.0. The van der Waals surface area contributed by atoms with Crippen LogP contribution in [-0.4, -0.2) is 34.1 Å². The van der Waals surface area contributed by atoms with Crippen LogP contribution in [0, 0.1) is 0 Å². The van der Waals surface area contributed by atoms with E-state index in [0.29, 0.717) is 31.0 Å². The van der Waals surface area contributed by atoms with Gasteiger partial charge in [0.25, 0.3) is 0 Å². The SMILES string of the molecule is NC/C(=C\F)Cn1ncn(-c2cccc(-c3ccc4c(c3)OCCO4)c2)c1=O. The van der Waals surface area contributed by atoms with Gasteiger partial charge in [-0.25, -0.2) is 18.4 Å². The van der Waals surface area contributed by atoms with Crippen molar-refractivity contribution in [1.29, 1.82) is 0 Å². The third kappa shape index (κ3) is 3.41. The van der Waals surface area contributed by atoms with Gasteiger partial charge in [0.15, 0.2) is 11.5 Å². The lowest BCUT2D eigenvalue weighted by Crippen LogP contribution is -2.25. The molecular formula is C20H19FN4O3. The summed E-state index contributed by atoms with van der Waals surface area (Å²) in [4.78, 5) is 12.6. The molecule has 0 unspecified atom stereocenters. The van der Waals surface area contributed by atoms with Crippen LogP contribution in [0.5, 0.6) is 11.5 Å². The number of halogens is 1. The maximum absolute atomic E-state index is 12.8. The van der Waals surface area contributed by atoms with Gasteiger partial charge >= 0.3 is 5.69 Å². The maximum atomic E-state index is 12.8. The molecule has 3 aromatic rings. The molecule has 4 rings (SSSR count). The summed E-state index contributed by atoms with van der Waals surface area (Å²) in [6, 6.07) is 13.2. The largest absolute Gasteiger partial charge is 0.486 e. The molecule has 7 nitrogen and oxygen atoms in total. The van der Waals surface area contributed by atoms with Crippen molar-refractivity contribution in [1.82, 2.24) is 14.3 Å². The molecule has 1 aromatic heterocycles. The summed E-state index contributed by atoms with van der Waals surface area (Å²) in [6.07, 6.45) is 1.82. The van der Waals surface area contributed by atoms with Crippen molar-refractivity contribution in [3.05, 3.63) is 71.2 Å². The molecule has 144 valence electrons. The molecule has 2 N–H and O–H groups in total. The van der Waals surface area contributed by atoms with E-state index in [1.165, 1.54) is 15.6 Å². The predicted octanol–water partition coefficient (Wildman–Crippen LogP) is 2.28. The Bertz CT molecular complexity index is 1090. The molecule has 0 bridgehead atoms. The van der Waals surface area contributed by atoms with Gasteiger partial charge in [-0.2, -0.15) is 5.10 Å². The monoisotopic (exact) mass is 382 g/mol. The smallest absolute Gasteiger partial charge is 0.350 e. The Labute approximate surface area is 160 Å². The van der Waals surface area contributed by atoms with E-state index >= 15 is 0 Å². The number of ether oxygens (including phenoxy) is 2. The first-order valence-corrected chi connectivity index (χ1v) is 8.82. The molecule has 0 amide bonds. The van der Waals surface area contributed by atoms with Crippen LogP contribution in [0.15, 0.2) is 65.5 Å². The fraction of sp³-hybridized carbons (Fsp3) is 0.200. The molecule has 0 radical (unpaired) electrons. The fourth-order valence-electron chi connectivity index (χ4n) is 3.02. The molecule has 28 heavy (non-hydrogen) atoms. The van der Waals surface area contributed by atoms with Gasteiger partial charge in [0, 0.05) is 6.54 Å². The quantitative estimate of drug-likeness (QED) is 0.732. The summed E-state index contributed by atoms with van der Waals surface area (Å²) < 4.78 is 26.5. The van der Waals surface area contributed by atoms with Gasteiger partial charge in [-0.3, -0.25) is 0 Å². The minimum absolute atomic E-state index is 0.0146.